The van der Waals surface area contributed by atoms with Crippen molar-refractivity contribution in [1.29, 1.82) is 0 Å². The largest absolute Gasteiger partial charge is 0.480 e. The molecule has 0 unspecified atom stereocenters. The van der Waals surface area contributed by atoms with Gasteiger partial charge in [-0.05, 0) is 6.07 Å². The van der Waals surface area contributed by atoms with Crippen LogP contribution in [0.2, 0.25) is 0 Å². The van der Waals surface area contributed by atoms with Gasteiger partial charge < -0.3 is 10.0 Å². The number of amides is 3. The number of rotatable bonds is 4. The highest BCUT2D eigenvalue weighted by Gasteiger charge is 2.38. The van der Waals surface area contributed by atoms with Crippen molar-refractivity contribution in [2.24, 2.45) is 0 Å². The van der Waals surface area contributed by atoms with E-state index in [0.717, 1.165) is 15.9 Å². The molecule has 0 aromatic heterocycles. The summed E-state index contributed by atoms with van der Waals surface area (Å²) in [5, 5.41) is 19.3. The van der Waals surface area contributed by atoms with E-state index >= 15 is 0 Å². The quantitative estimate of drug-likeness (QED) is 0.485. The SMILES string of the molecule is O=C(O)CN1CC(=O)N(c2cccc([N+](=O)[O-])c2)C1=O. The highest BCUT2D eigenvalue weighted by Crippen LogP contribution is 2.25. The molecular weight excluding hydrogens is 270 g/mol. The van der Waals surface area contributed by atoms with Crippen molar-refractivity contribution in [3.63, 3.8) is 0 Å². The van der Waals surface area contributed by atoms with Crippen molar-refractivity contribution >= 4 is 29.3 Å². The number of non-ortho nitro benzene ring substituents is 1. The third-order valence-electron chi connectivity index (χ3n) is 2.66. The molecule has 0 saturated carbocycles. The van der Waals surface area contributed by atoms with Crippen LogP contribution in [-0.4, -0.2) is 45.9 Å². The number of hydrogen-bond acceptors (Lipinski definition) is 5. The monoisotopic (exact) mass is 279 g/mol. The van der Waals surface area contributed by atoms with E-state index in [0.29, 0.717) is 0 Å². The minimum atomic E-state index is -1.24. The van der Waals surface area contributed by atoms with E-state index < -0.39 is 29.4 Å². The first-order valence-corrected chi connectivity index (χ1v) is 5.48. The number of carbonyl (C=O) groups is 3. The Morgan fingerprint density at radius 1 is 1.40 bits per heavy atom. The Morgan fingerprint density at radius 2 is 2.10 bits per heavy atom. The summed E-state index contributed by atoms with van der Waals surface area (Å²) in [6, 6.07) is 4.21. The Bertz CT molecular complexity index is 614. The van der Waals surface area contributed by atoms with Gasteiger partial charge in [0.2, 0.25) is 0 Å². The lowest BCUT2D eigenvalue weighted by atomic mass is 10.2. The number of aliphatic carboxylic acids is 1. The second-order valence-corrected chi connectivity index (χ2v) is 4.04. The number of benzene rings is 1. The number of hydrogen-bond donors (Lipinski definition) is 1. The van der Waals surface area contributed by atoms with E-state index in [4.69, 9.17) is 5.11 Å². The van der Waals surface area contributed by atoms with Crippen molar-refractivity contribution in [3.05, 3.63) is 34.4 Å². The molecule has 0 radical (unpaired) electrons. The Kier molecular flexibility index (Phi) is 3.34. The lowest BCUT2D eigenvalue weighted by molar-refractivity contribution is -0.384. The Labute approximate surface area is 112 Å². The van der Waals surface area contributed by atoms with Crippen molar-refractivity contribution in [2.45, 2.75) is 0 Å². The average molecular weight is 279 g/mol. The van der Waals surface area contributed by atoms with Gasteiger partial charge in [0.15, 0.2) is 0 Å². The summed E-state index contributed by atoms with van der Waals surface area (Å²) in [5.74, 6) is -1.87. The van der Waals surface area contributed by atoms with Gasteiger partial charge in [0.05, 0.1) is 10.6 Å². The molecule has 0 bridgehead atoms. The van der Waals surface area contributed by atoms with E-state index in [2.05, 4.69) is 0 Å². The number of carboxylic acids is 1. The summed E-state index contributed by atoms with van der Waals surface area (Å²) >= 11 is 0. The van der Waals surface area contributed by atoms with Crippen LogP contribution in [0.15, 0.2) is 24.3 Å². The van der Waals surface area contributed by atoms with Gasteiger partial charge in [-0.25, -0.2) is 9.69 Å². The summed E-state index contributed by atoms with van der Waals surface area (Å²) in [6.45, 7) is -0.968. The molecule has 1 fully saturated rings. The fourth-order valence-corrected chi connectivity index (χ4v) is 1.84. The lowest BCUT2D eigenvalue weighted by Gasteiger charge is -2.15. The van der Waals surface area contributed by atoms with Gasteiger partial charge >= 0.3 is 12.0 Å². The molecule has 104 valence electrons. The first-order valence-electron chi connectivity index (χ1n) is 5.48. The maximum Gasteiger partial charge on any atom is 0.332 e. The fourth-order valence-electron chi connectivity index (χ4n) is 1.84. The minimum absolute atomic E-state index is 0.0436. The Morgan fingerprint density at radius 3 is 2.70 bits per heavy atom. The second-order valence-electron chi connectivity index (χ2n) is 4.04. The van der Waals surface area contributed by atoms with Gasteiger partial charge in [0, 0.05) is 12.1 Å². The molecule has 1 aliphatic rings. The maximum atomic E-state index is 11.9. The highest BCUT2D eigenvalue weighted by atomic mass is 16.6. The van der Waals surface area contributed by atoms with Crippen LogP contribution in [0.5, 0.6) is 0 Å². The summed E-state index contributed by atoms with van der Waals surface area (Å²) in [6.07, 6.45) is 0. The van der Waals surface area contributed by atoms with Crippen molar-refractivity contribution < 1.29 is 24.4 Å². The molecule has 3 amide bonds. The average Bonchev–Trinajstić information content (AvgIpc) is 2.64. The van der Waals surface area contributed by atoms with Gasteiger partial charge in [-0.3, -0.25) is 19.7 Å². The minimum Gasteiger partial charge on any atom is -0.480 e. The molecule has 2 rings (SSSR count). The second kappa shape index (κ2) is 4.96. The molecule has 0 spiro atoms. The van der Waals surface area contributed by atoms with Gasteiger partial charge in [-0.1, -0.05) is 6.07 Å². The third-order valence-corrected chi connectivity index (χ3v) is 2.66. The smallest absolute Gasteiger partial charge is 0.332 e. The molecule has 1 saturated heterocycles. The molecule has 9 heteroatoms. The third kappa shape index (κ3) is 2.41. The highest BCUT2D eigenvalue weighted by molar-refractivity contribution is 6.20. The van der Waals surface area contributed by atoms with Crippen molar-refractivity contribution in [1.82, 2.24) is 4.90 Å². The van der Waals surface area contributed by atoms with Gasteiger partial charge in [-0.2, -0.15) is 0 Å². The van der Waals surface area contributed by atoms with E-state index in [1.807, 2.05) is 0 Å². The number of urea groups is 1. The maximum absolute atomic E-state index is 11.9. The number of carboxylic acid groups (broad SMARTS) is 1. The number of anilines is 1. The van der Waals surface area contributed by atoms with Crippen LogP contribution in [0.3, 0.4) is 0 Å². The van der Waals surface area contributed by atoms with E-state index in [1.54, 1.807) is 0 Å². The molecule has 1 heterocycles. The fraction of sp³-hybridized carbons (Fsp3) is 0.182. The van der Waals surface area contributed by atoms with E-state index in [1.165, 1.54) is 18.2 Å². The zero-order valence-electron chi connectivity index (χ0n) is 10.1. The molecule has 1 aromatic rings. The molecular formula is C11H9N3O6. The van der Waals surface area contributed by atoms with Crippen molar-refractivity contribution in [2.75, 3.05) is 18.0 Å². The first-order chi connectivity index (χ1) is 9.40. The van der Waals surface area contributed by atoms with Gasteiger partial charge in [-0.15, -0.1) is 0 Å². The van der Waals surface area contributed by atoms with Crippen LogP contribution < -0.4 is 4.90 Å². The first kappa shape index (κ1) is 13.5. The van der Waals surface area contributed by atoms with Gasteiger partial charge in [0.25, 0.3) is 11.6 Å². The van der Waals surface area contributed by atoms with Crippen LogP contribution in [0.4, 0.5) is 16.2 Å². The normalized spacial score (nSPS) is 14.8. The Hall–Kier alpha value is -2.97. The standard InChI is InChI=1S/C11H9N3O6/c15-9-5-12(6-10(16)17)11(18)13(9)7-2-1-3-8(4-7)14(19)20/h1-4H,5-6H2,(H,16,17). The van der Waals surface area contributed by atoms with E-state index in [9.17, 15) is 24.5 Å². The summed E-state index contributed by atoms with van der Waals surface area (Å²) in [7, 11) is 0. The molecule has 1 aliphatic heterocycles. The number of nitrogens with zero attached hydrogens (tertiary/aromatic N) is 3. The van der Waals surface area contributed by atoms with Crippen LogP contribution in [0, 0.1) is 10.1 Å². The Balaban J connectivity index is 2.31. The summed E-state index contributed by atoms with van der Waals surface area (Å²) < 4.78 is 0. The number of imide groups is 1. The van der Waals surface area contributed by atoms with Crippen LogP contribution in [-0.2, 0) is 9.59 Å². The molecule has 9 nitrogen and oxygen atoms in total. The van der Waals surface area contributed by atoms with Crippen LogP contribution in [0.25, 0.3) is 0 Å². The summed E-state index contributed by atoms with van der Waals surface area (Å²) in [5.41, 5.74) is -0.220. The number of carbonyl (C=O) groups excluding carboxylic acids is 2. The van der Waals surface area contributed by atoms with Crippen LogP contribution in [0.1, 0.15) is 0 Å². The molecule has 0 aliphatic carbocycles. The molecule has 1 N–H and O–H groups in total. The predicted octanol–water partition coefficient (Wildman–Crippen LogP) is 0.448. The molecule has 1 aromatic carbocycles. The number of nitro groups is 1. The zero-order valence-corrected chi connectivity index (χ0v) is 10.1. The lowest BCUT2D eigenvalue weighted by Crippen LogP contribution is -2.35. The molecule has 20 heavy (non-hydrogen) atoms. The van der Waals surface area contributed by atoms with Crippen LogP contribution >= 0.6 is 0 Å². The number of nitro benzene ring substituents is 1. The van der Waals surface area contributed by atoms with Gasteiger partial charge in [0.1, 0.15) is 13.1 Å². The molecule has 0 atom stereocenters. The zero-order chi connectivity index (χ0) is 14.9. The predicted molar refractivity (Wildman–Crippen MR) is 65.2 cm³/mol. The summed E-state index contributed by atoms with van der Waals surface area (Å²) in [4.78, 5) is 45.9. The van der Waals surface area contributed by atoms with Crippen molar-refractivity contribution in [3.8, 4) is 0 Å². The van der Waals surface area contributed by atoms with E-state index in [-0.39, 0.29) is 17.9 Å². The topological polar surface area (TPSA) is 121 Å².